The summed E-state index contributed by atoms with van der Waals surface area (Å²) in [6, 6.07) is 12.5. The molecular weight excluding hydrogens is 419 g/mol. The zero-order valence-electron chi connectivity index (χ0n) is 15.9. The lowest BCUT2D eigenvalue weighted by atomic mass is 9.96. The van der Waals surface area contributed by atoms with Gasteiger partial charge in [-0.2, -0.15) is 4.31 Å². The Labute approximate surface area is 170 Å². The van der Waals surface area contributed by atoms with Crippen LogP contribution in [0.5, 0.6) is 0 Å². The molecule has 1 saturated heterocycles. The minimum atomic E-state index is -3.88. The Morgan fingerprint density at radius 1 is 1.03 bits per heavy atom. The summed E-state index contributed by atoms with van der Waals surface area (Å²) in [5, 5.41) is 0. The first-order chi connectivity index (χ1) is 13.7. The van der Waals surface area contributed by atoms with E-state index < -0.39 is 31.4 Å². The molecule has 1 N–H and O–H groups in total. The van der Waals surface area contributed by atoms with E-state index >= 15 is 0 Å². The Morgan fingerprint density at radius 3 is 2.31 bits per heavy atom. The number of rotatable bonds is 8. The van der Waals surface area contributed by atoms with E-state index in [1.165, 1.54) is 35.7 Å². The first kappa shape index (κ1) is 21.8. The Morgan fingerprint density at radius 2 is 1.69 bits per heavy atom. The van der Waals surface area contributed by atoms with Crippen LogP contribution in [0.15, 0.2) is 64.4 Å². The molecule has 0 spiro atoms. The Balaban J connectivity index is 1.87. The highest BCUT2D eigenvalue weighted by Crippen LogP contribution is 2.31. The maximum absolute atomic E-state index is 13.2. The van der Waals surface area contributed by atoms with Gasteiger partial charge in [0.25, 0.3) is 0 Å². The molecule has 0 radical (unpaired) electrons. The summed E-state index contributed by atoms with van der Waals surface area (Å²) >= 11 is 0. The highest BCUT2D eigenvalue weighted by atomic mass is 32.2. The van der Waals surface area contributed by atoms with Crippen LogP contribution in [0, 0.1) is 5.82 Å². The predicted octanol–water partition coefficient (Wildman–Crippen LogP) is 1.97. The van der Waals surface area contributed by atoms with Crippen molar-refractivity contribution >= 4 is 20.0 Å². The average molecular weight is 443 g/mol. The third-order valence-corrected chi connectivity index (χ3v) is 8.41. The molecule has 29 heavy (non-hydrogen) atoms. The molecule has 1 atom stereocenters. The molecule has 0 aromatic heterocycles. The smallest absolute Gasteiger partial charge is 0.243 e. The van der Waals surface area contributed by atoms with Gasteiger partial charge in [0.05, 0.1) is 15.3 Å². The molecule has 7 nitrogen and oxygen atoms in total. The molecule has 2 aromatic rings. The second-order valence-electron chi connectivity index (χ2n) is 6.98. The summed E-state index contributed by atoms with van der Waals surface area (Å²) in [7, 11) is -6.23. The minimum Gasteiger partial charge on any atom is -0.385 e. The van der Waals surface area contributed by atoms with Gasteiger partial charge in [-0.05, 0) is 49.2 Å². The highest BCUT2D eigenvalue weighted by molar-refractivity contribution is 7.89. The van der Waals surface area contributed by atoms with Gasteiger partial charge in [-0.1, -0.05) is 18.2 Å². The lowest BCUT2D eigenvalue weighted by molar-refractivity contribution is 0.165. The fourth-order valence-electron chi connectivity index (χ4n) is 3.37. The Hall–Kier alpha value is -1.85. The quantitative estimate of drug-likeness (QED) is 0.675. The van der Waals surface area contributed by atoms with Crippen LogP contribution < -0.4 is 4.72 Å². The van der Waals surface area contributed by atoms with Gasteiger partial charge in [0, 0.05) is 26.8 Å². The number of nitrogens with one attached hydrogen (secondary N) is 1. The van der Waals surface area contributed by atoms with Gasteiger partial charge in [-0.15, -0.1) is 0 Å². The van der Waals surface area contributed by atoms with Crippen molar-refractivity contribution in [2.45, 2.75) is 28.2 Å². The number of halogens is 1. The molecule has 10 heteroatoms. The van der Waals surface area contributed by atoms with Crippen molar-refractivity contribution in [2.75, 3.05) is 26.8 Å². The van der Waals surface area contributed by atoms with Crippen molar-refractivity contribution in [3.63, 3.8) is 0 Å². The van der Waals surface area contributed by atoms with Gasteiger partial charge >= 0.3 is 0 Å². The molecule has 0 amide bonds. The van der Waals surface area contributed by atoms with E-state index in [2.05, 4.69) is 4.72 Å². The van der Waals surface area contributed by atoms with Crippen molar-refractivity contribution in [1.29, 1.82) is 0 Å². The summed E-state index contributed by atoms with van der Waals surface area (Å²) in [4.78, 5) is 0.0731. The number of hydrogen-bond donors (Lipinski definition) is 1. The van der Waals surface area contributed by atoms with Gasteiger partial charge in [-0.3, -0.25) is 0 Å². The van der Waals surface area contributed by atoms with Gasteiger partial charge < -0.3 is 4.74 Å². The van der Waals surface area contributed by atoms with Crippen molar-refractivity contribution in [2.24, 2.45) is 0 Å². The molecule has 1 fully saturated rings. The van der Waals surface area contributed by atoms with E-state index in [0.717, 1.165) is 12.1 Å². The molecular formula is C19H23FN2O5S2. The molecule has 0 bridgehead atoms. The fourth-order valence-corrected chi connectivity index (χ4v) is 6.37. The van der Waals surface area contributed by atoms with Crippen LogP contribution in [0.4, 0.5) is 4.39 Å². The number of sulfonamides is 2. The van der Waals surface area contributed by atoms with Crippen molar-refractivity contribution < 1.29 is 26.0 Å². The molecule has 1 unspecified atom stereocenters. The summed E-state index contributed by atoms with van der Waals surface area (Å²) in [6.45, 7) is 0.366. The van der Waals surface area contributed by atoms with E-state index in [0.29, 0.717) is 12.8 Å². The fraction of sp³-hybridized carbons (Fsp3) is 0.368. The van der Waals surface area contributed by atoms with Crippen LogP contribution in [0.25, 0.3) is 0 Å². The number of hydrogen-bond acceptors (Lipinski definition) is 5. The van der Waals surface area contributed by atoms with Gasteiger partial charge in [0.15, 0.2) is 0 Å². The van der Waals surface area contributed by atoms with Crippen LogP contribution in [-0.4, -0.2) is 53.5 Å². The first-order valence-corrected chi connectivity index (χ1v) is 11.9. The molecule has 2 aromatic carbocycles. The highest BCUT2D eigenvalue weighted by Gasteiger charge is 2.45. The van der Waals surface area contributed by atoms with Crippen molar-refractivity contribution in [3.05, 3.63) is 60.4 Å². The standard InChI is InChI=1S/C19H23FN2O5S2/c1-27-14-12-19(21-28(23,24)17-5-3-2-4-6-17)11-13-22(15-19)29(25,26)18-9-7-16(20)8-10-18/h2-10,21H,11-15H2,1H3. The topological polar surface area (TPSA) is 92.8 Å². The van der Waals surface area contributed by atoms with Crippen LogP contribution >= 0.6 is 0 Å². The second-order valence-corrected chi connectivity index (χ2v) is 10.6. The summed E-state index contributed by atoms with van der Waals surface area (Å²) in [5.74, 6) is -0.532. The second kappa shape index (κ2) is 8.49. The monoisotopic (exact) mass is 442 g/mol. The number of methoxy groups -OCH3 is 1. The molecule has 3 rings (SSSR count). The van der Waals surface area contributed by atoms with E-state index in [9.17, 15) is 21.2 Å². The van der Waals surface area contributed by atoms with Crippen molar-refractivity contribution in [3.8, 4) is 0 Å². The maximum atomic E-state index is 13.2. The lowest BCUT2D eigenvalue weighted by Crippen LogP contribution is -2.51. The summed E-state index contributed by atoms with van der Waals surface area (Å²) < 4.78 is 73.8. The predicted molar refractivity (Wildman–Crippen MR) is 106 cm³/mol. The first-order valence-electron chi connectivity index (χ1n) is 9.02. The third-order valence-electron chi connectivity index (χ3n) is 4.96. The van der Waals surface area contributed by atoms with Gasteiger partial charge in [-0.25, -0.2) is 25.9 Å². The number of ether oxygens (including phenoxy) is 1. The molecule has 1 aliphatic rings. The van der Waals surface area contributed by atoms with Crippen LogP contribution in [0.2, 0.25) is 0 Å². The van der Waals surface area contributed by atoms with E-state index in [1.54, 1.807) is 18.2 Å². The third kappa shape index (κ3) is 4.84. The van der Waals surface area contributed by atoms with Crippen LogP contribution in [0.3, 0.4) is 0 Å². The maximum Gasteiger partial charge on any atom is 0.243 e. The normalized spacial score (nSPS) is 20.8. The Kier molecular flexibility index (Phi) is 6.39. The SMILES string of the molecule is COCCC1(NS(=O)(=O)c2ccccc2)CCN(S(=O)(=O)c2ccc(F)cc2)C1. The van der Waals surface area contributed by atoms with Gasteiger partial charge in [0.2, 0.25) is 20.0 Å². The number of benzene rings is 2. The van der Waals surface area contributed by atoms with E-state index in [1.807, 2.05) is 0 Å². The van der Waals surface area contributed by atoms with E-state index in [-0.39, 0.29) is 29.5 Å². The molecule has 1 heterocycles. The Bertz CT molecular complexity index is 1040. The summed E-state index contributed by atoms with van der Waals surface area (Å²) in [6.07, 6.45) is 0.605. The van der Waals surface area contributed by atoms with Crippen LogP contribution in [0.1, 0.15) is 12.8 Å². The lowest BCUT2D eigenvalue weighted by Gasteiger charge is -2.30. The molecule has 158 valence electrons. The zero-order chi connectivity index (χ0) is 21.1. The molecule has 1 aliphatic heterocycles. The number of nitrogens with zero attached hydrogens (tertiary/aromatic N) is 1. The van der Waals surface area contributed by atoms with E-state index in [4.69, 9.17) is 4.74 Å². The van der Waals surface area contributed by atoms with Gasteiger partial charge in [0.1, 0.15) is 5.82 Å². The average Bonchev–Trinajstić information content (AvgIpc) is 3.12. The largest absolute Gasteiger partial charge is 0.385 e. The summed E-state index contributed by atoms with van der Waals surface area (Å²) in [5.41, 5.74) is -1.00. The molecule has 0 aliphatic carbocycles. The molecule has 0 saturated carbocycles. The minimum absolute atomic E-state index is 0.0349. The van der Waals surface area contributed by atoms with Crippen LogP contribution in [-0.2, 0) is 24.8 Å². The zero-order valence-corrected chi connectivity index (χ0v) is 17.5. The van der Waals surface area contributed by atoms with Crippen molar-refractivity contribution in [1.82, 2.24) is 9.03 Å².